The Balaban J connectivity index is 1.74. The van der Waals surface area contributed by atoms with E-state index in [1.54, 1.807) is 24.3 Å². The number of hydrogen-bond acceptors (Lipinski definition) is 5. The van der Waals surface area contributed by atoms with Crippen molar-refractivity contribution in [1.29, 1.82) is 0 Å². The molecule has 0 bridgehead atoms. The number of piperazine rings is 1. The molecular formula is C15H17BrN2O4S3. The Morgan fingerprint density at radius 1 is 0.840 bits per heavy atom. The maximum atomic E-state index is 12.7. The molecule has 1 aromatic carbocycles. The maximum Gasteiger partial charge on any atom is 0.252 e. The number of benzene rings is 1. The number of sulfonamides is 2. The Morgan fingerprint density at radius 3 is 1.84 bits per heavy atom. The lowest BCUT2D eigenvalue weighted by molar-refractivity contribution is 0.273. The molecule has 10 heteroatoms. The highest BCUT2D eigenvalue weighted by Crippen LogP contribution is 2.26. The van der Waals surface area contributed by atoms with Crippen LogP contribution in [-0.2, 0) is 20.0 Å². The Kier molecular flexibility index (Phi) is 5.38. The fourth-order valence-corrected chi connectivity index (χ4v) is 7.13. The van der Waals surface area contributed by atoms with Crippen molar-refractivity contribution in [2.45, 2.75) is 16.0 Å². The maximum absolute atomic E-state index is 12.7. The third-order valence-electron chi connectivity index (χ3n) is 3.96. The molecule has 0 amide bonds. The molecule has 0 aliphatic carbocycles. The second-order valence-corrected chi connectivity index (χ2v) is 11.9. The summed E-state index contributed by atoms with van der Waals surface area (Å²) in [6.07, 6.45) is 0. The Morgan fingerprint density at radius 2 is 1.36 bits per heavy atom. The van der Waals surface area contributed by atoms with E-state index in [4.69, 9.17) is 0 Å². The molecule has 2 heterocycles. The summed E-state index contributed by atoms with van der Waals surface area (Å²) in [5.41, 5.74) is 0. The second kappa shape index (κ2) is 7.09. The molecule has 2 aromatic rings. The number of aryl methyl sites for hydroxylation is 1. The molecule has 0 radical (unpaired) electrons. The summed E-state index contributed by atoms with van der Waals surface area (Å²) >= 11 is 4.51. The number of nitrogens with zero attached hydrogens (tertiary/aromatic N) is 2. The lowest BCUT2D eigenvalue weighted by Gasteiger charge is -2.32. The van der Waals surface area contributed by atoms with Gasteiger partial charge in [0.05, 0.1) is 4.90 Å². The third kappa shape index (κ3) is 3.83. The summed E-state index contributed by atoms with van der Waals surface area (Å²) in [7, 11) is -7.17. The van der Waals surface area contributed by atoms with Crippen LogP contribution in [0.15, 0.2) is 50.0 Å². The smallest absolute Gasteiger partial charge is 0.207 e. The standard InChI is InChI=1S/C15H17BrN2O4S3/c1-12-2-7-15(23-12)25(21,22)18-10-8-17(9-11-18)24(19,20)14-5-3-13(16)4-6-14/h2-7H,8-11H2,1H3. The second-order valence-electron chi connectivity index (χ2n) is 5.63. The first kappa shape index (κ1) is 19.0. The van der Waals surface area contributed by atoms with Gasteiger partial charge in [0.2, 0.25) is 10.0 Å². The van der Waals surface area contributed by atoms with E-state index >= 15 is 0 Å². The monoisotopic (exact) mass is 464 g/mol. The van der Waals surface area contributed by atoms with Gasteiger partial charge in [-0.1, -0.05) is 15.9 Å². The highest BCUT2D eigenvalue weighted by molar-refractivity contribution is 9.10. The molecule has 1 fully saturated rings. The van der Waals surface area contributed by atoms with Crippen LogP contribution in [0.2, 0.25) is 0 Å². The molecule has 1 saturated heterocycles. The average Bonchev–Trinajstić information content (AvgIpc) is 3.03. The minimum atomic E-state index is -3.61. The van der Waals surface area contributed by atoms with E-state index in [1.807, 2.05) is 6.92 Å². The molecule has 1 aromatic heterocycles. The van der Waals surface area contributed by atoms with E-state index in [2.05, 4.69) is 15.9 Å². The summed E-state index contributed by atoms with van der Waals surface area (Å²) < 4.78 is 54.4. The van der Waals surface area contributed by atoms with Crippen molar-refractivity contribution >= 4 is 47.3 Å². The molecule has 3 rings (SSSR count). The summed E-state index contributed by atoms with van der Waals surface area (Å²) in [5.74, 6) is 0. The van der Waals surface area contributed by atoms with Crippen LogP contribution in [0, 0.1) is 6.92 Å². The van der Waals surface area contributed by atoms with Crippen LogP contribution < -0.4 is 0 Å². The van der Waals surface area contributed by atoms with Crippen molar-refractivity contribution in [3.8, 4) is 0 Å². The van der Waals surface area contributed by atoms with Gasteiger partial charge in [0.15, 0.2) is 0 Å². The molecule has 136 valence electrons. The van der Waals surface area contributed by atoms with Crippen LogP contribution >= 0.6 is 27.3 Å². The SMILES string of the molecule is Cc1ccc(S(=O)(=O)N2CCN(S(=O)(=O)c3ccc(Br)cc3)CC2)s1. The van der Waals surface area contributed by atoms with Gasteiger partial charge in [-0.3, -0.25) is 0 Å². The quantitative estimate of drug-likeness (QED) is 0.696. The molecular weight excluding hydrogens is 448 g/mol. The summed E-state index contributed by atoms with van der Waals surface area (Å²) in [4.78, 5) is 1.14. The predicted octanol–water partition coefficient (Wildman–Crippen LogP) is 2.51. The van der Waals surface area contributed by atoms with Gasteiger partial charge in [-0.2, -0.15) is 8.61 Å². The zero-order chi connectivity index (χ0) is 18.2. The van der Waals surface area contributed by atoms with Crippen molar-refractivity contribution in [3.05, 3.63) is 45.7 Å². The zero-order valence-electron chi connectivity index (χ0n) is 13.4. The Bertz CT molecular complexity index is 960. The van der Waals surface area contributed by atoms with Crippen molar-refractivity contribution in [2.24, 2.45) is 0 Å². The van der Waals surface area contributed by atoms with Crippen molar-refractivity contribution < 1.29 is 16.8 Å². The van der Waals surface area contributed by atoms with Crippen LogP contribution in [0.3, 0.4) is 0 Å². The normalized spacial score (nSPS) is 17.7. The number of halogens is 1. The molecule has 0 N–H and O–H groups in total. The third-order valence-corrected chi connectivity index (χ3v) is 9.77. The number of hydrogen-bond donors (Lipinski definition) is 0. The molecule has 0 saturated carbocycles. The molecule has 0 unspecified atom stereocenters. The van der Waals surface area contributed by atoms with E-state index in [0.29, 0.717) is 4.21 Å². The fraction of sp³-hybridized carbons (Fsp3) is 0.333. The zero-order valence-corrected chi connectivity index (χ0v) is 17.5. The Labute approximate surface area is 160 Å². The average molecular weight is 465 g/mol. The highest BCUT2D eigenvalue weighted by atomic mass is 79.9. The summed E-state index contributed by atoms with van der Waals surface area (Å²) in [5, 5.41) is 0. The van der Waals surface area contributed by atoms with Crippen molar-refractivity contribution in [2.75, 3.05) is 26.2 Å². The summed E-state index contributed by atoms with van der Waals surface area (Å²) in [6, 6.07) is 9.79. The largest absolute Gasteiger partial charge is 0.252 e. The molecule has 25 heavy (non-hydrogen) atoms. The van der Waals surface area contributed by atoms with Crippen LogP contribution in [-0.4, -0.2) is 51.6 Å². The van der Waals surface area contributed by atoms with Gasteiger partial charge in [0.25, 0.3) is 10.0 Å². The number of thiophene rings is 1. The first-order chi connectivity index (χ1) is 11.7. The molecule has 6 nitrogen and oxygen atoms in total. The predicted molar refractivity (Wildman–Crippen MR) is 101 cm³/mol. The topological polar surface area (TPSA) is 74.8 Å². The van der Waals surface area contributed by atoms with Gasteiger partial charge in [-0.05, 0) is 43.3 Å². The molecule has 1 aliphatic rings. The highest BCUT2D eigenvalue weighted by Gasteiger charge is 2.34. The number of rotatable bonds is 4. The minimum Gasteiger partial charge on any atom is -0.207 e. The molecule has 0 spiro atoms. The first-order valence-corrected chi connectivity index (χ1v) is 12.0. The minimum absolute atomic E-state index is 0.141. The van der Waals surface area contributed by atoms with Crippen molar-refractivity contribution in [1.82, 2.24) is 8.61 Å². The van der Waals surface area contributed by atoms with E-state index in [0.717, 1.165) is 9.35 Å². The summed E-state index contributed by atoms with van der Waals surface area (Å²) in [6.45, 7) is 2.43. The van der Waals surface area contributed by atoms with Gasteiger partial charge >= 0.3 is 0 Å². The van der Waals surface area contributed by atoms with E-state index < -0.39 is 20.0 Å². The first-order valence-electron chi connectivity index (χ1n) is 7.53. The van der Waals surface area contributed by atoms with E-state index in [1.165, 1.54) is 32.1 Å². The Hall–Kier alpha value is -0.780. The van der Waals surface area contributed by atoms with Crippen LogP contribution in [0.5, 0.6) is 0 Å². The van der Waals surface area contributed by atoms with Crippen molar-refractivity contribution in [3.63, 3.8) is 0 Å². The van der Waals surface area contributed by atoms with Crippen LogP contribution in [0.1, 0.15) is 4.88 Å². The van der Waals surface area contributed by atoms with Gasteiger partial charge in [0, 0.05) is 35.5 Å². The molecule has 0 atom stereocenters. The van der Waals surface area contributed by atoms with Gasteiger partial charge < -0.3 is 0 Å². The van der Waals surface area contributed by atoms with E-state index in [9.17, 15) is 16.8 Å². The lowest BCUT2D eigenvalue weighted by Crippen LogP contribution is -2.50. The van der Waals surface area contributed by atoms with Crippen LogP contribution in [0.25, 0.3) is 0 Å². The van der Waals surface area contributed by atoms with Gasteiger partial charge in [-0.25, -0.2) is 16.8 Å². The lowest BCUT2D eigenvalue weighted by atomic mass is 10.4. The van der Waals surface area contributed by atoms with Gasteiger partial charge in [0.1, 0.15) is 4.21 Å². The van der Waals surface area contributed by atoms with Gasteiger partial charge in [-0.15, -0.1) is 11.3 Å². The molecule has 1 aliphatic heterocycles. The fourth-order valence-electron chi connectivity index (χ4n) is 2.58. The van der Waals surface area contributed by atoms with Crippen LogP contribution in [0.4, 0.5) is 0 Å². The van der Waals surface area contributed by atoms with E-state index in [-0.39, 0.29) is 31.1 Å².